The molecule has 0 amide bonds. The number of aromatic nitrogens is 2. The van der Waals surface area contributed by atoms with Crippen molar-refractivity contribution >= 4 is 43.6 Å². The Morgan fingerprint density at radius 2 is 0.891 bits per heavy atom. The maximum atomic E-state index is 2.37. The second-order valence-corrected chi connectivity index (χ2v) is 14.3. The van der Waals surface area contributed by atoms with Crippen molar-refractivity contribution in [1.29, 1.82) is 0 Å². The smallest absolute Gasteiger partial charge is 0.0571 e. The van der Waals surface area contributed by atoms with Gasteiger partial charge in [-0.05, 0) is 51.1 Å². The highest BCUT2D eigenvalue weighted by Crippen LogP contribution is 2.53. The Hall–Kier alpha value is -5.08. The summed E-state index contributed by atoms with van der Waals surface area (Å²) in [6.45, 7) is 9.39. The van der Waals surface area contributed by atoms with Crippen LogP contribution in [0.3, 0.4) is 0 Å². The fraction of sp³-hybridized carbons (Fsp3) is 0.182. The van der Waals surface area contributed by atoms with Gasteiger partial charge in [0.05, 0.1) is 11.0 Å². The summed E-state index contributed by atoms with van der Waals surface area (Å²) in [7, 11) is 4.39. The topological polar surface area (TPSA) is 9.86 Å². The number of para-hydroxylation sites is 2. The molecule has 0 aliphatic heterocycles. The van der Waals surface area contributed by atoms with Crippen molar-refractivity contribution < 1.29 is 0 Å². The van der Waals surface area contributed by atoms with Crippen molar-refractivity contribution in [2.45, 2.75) is 38.5 Å². The summed E-state index contributed by atoms with van der Waals surface area (Å²) in [5.41, 5.74) is 16.8. The van der Waals surface area contributed by atoms with Crippen LogP contribution in [0, 0.1) is 0 Å². The van der Waals surface area contributed by atoms with E-state index in [1.807, 2.05) is 0 Å². The largest absolute Gasteiger partial charge is 0.343 e. The summed E-state index contributed by atoms with van der Waals surface area (Å²) in [5.74, 6) is 0. The standard InChI is InChI=1S/2C22H19N/c1-22(2)17-10-6-4-9-16(17)20-18(22)13-12-15-14-8-5-7-11-19(14)23(3)21(15)20;1-22(2)18-10-6-4-8-14(18)16-12-13-17-15-9-5-7-11-19(15)23(3)21(17)20(16)22/h2*4-13H,1-3H3. The van der Waals surface area contributed by atoms with E-state index in [1.54, 1.807) is 0 Å². The van der Waals surface area contributed by atoms with Gasteiger partial charge in [0.2, 0.25) is 0 Å². The predicted molar refractivity (Wildman–Crippen MR) is 196 cm³/mol. The summed E-state index contributed by atoms with van der Waals surface area (Å²) in [6, 6.07) is 44.4. The van der Waals surface area contributed by atoms with Crippen molar-refractivity contribution in [3.63, 3.8) is 0 Å². The molecule has 10 rings (SSSR count). The number of hydrogen-bond donors (Lipinski definition) is 0. The molecule has 0 spiro atoms. The molecule has 0 unspecified atom stereocenters. The van der Waals surface area contributed by atoms with Gasteiger partial charge in [-0.1, -0.05) is 137 Å². The SMILES string of the molecule is Cn1c2ccccc2c2ccc3c(c21)-c1ccccc1C3(C)C.Cn1c2ccccc2c2ccc3c(c21)C(C)(C)c1ccccc1-3. The Bertz CT molecular complexity index is 2550. The average molecular weight is 595 g/mol. The van der Waals surface area contributed by atoms with Gasteiger partial charge in [-0.25, -0.2) is 0 Å². The lowest BCUT2D eigenvalue weighted by Gasteiger charge is -2.23. The molecular weight excluding hydrogens is 556 g/mol. The molecule has 0 radical (unpaired) electrons. The van der Waals surface area contributed by atoms with Crippen molar-refractivity contribution in [2.75, 3.05) is 0 Å². The summed E-state index contributed by atoms with van der Waals surface area (Å²) in [6.07, 6.45) is 0. The van der Waals surface area contributed by atoms with Crippen LogP contribution in [0.2, 0.25) is 0 Å². The van der Waals surface area contributed by atoms with E-state index in [0.717, 1.165) is 0 Å². The van der Waals surface area contributed by atoms with E-state index in [-0.39, 0.29) is 10.8 Å². The lowest BCUT2D eigenvalue weighted by molar-refractivity contribution is 0.660. The van der Waals surface area contributed by atoms with E-state index in [2.05, 4.69) is 172 Å². The van der Waals surface area contributed by atoms with Crippen LogP contribution in [0.15, 0.2) is 121 Å². The minimum absolute atomic E-state index is 0.0353. The molecule has 2 aliphatic rings. The third kappa shape index (κ3) is 3.37. The van der Waals surface area contributed by atoms with Crippen LogP contribution in [0.25, 0.3) is 65.9 Å². The van der Waals surface area contributed by atoms with Gasteiger partial charge in [0.25, 0.3) is 0 Å². The van der Waals surface area contributed by atoms with Crippen LogP contribution in [-0.2, 0) is 24.9 Å². The second-order valence-electron chi connectivity index (χ2n) is 14.3. The molecule has 46 heavy (non-hydrogen) atoms. The maximum absolute atomic E-state index is 2.37. The average Bonchev–Trinajstić information content (AvgIpc) is 3.71. The number of fused-ring (bicyclic) bond motifs is 14. The minimum atomic E-state index is 0.0353. The molecule has 2 heteroatoms. The molecule has 2 nitrogen and oxygen atoms in total. The number of hydrogen-bond acceptors (Lipinski definition) is 0. The van der Waals surface area contributed by atoms with E-state index in [9.17, 15) is 0 Å². The molecule has 2 aromatic heterocycles. The summed E-state index contributed by atoms with van der Waals surface area (Å²) < 4.78 is 4.73. The highest BCUT2D eigenvalue weighted by atomic mass is 14.9. The van der Waals surface area contributed by atoms with Crippen LogP contribution >= 0.6 is 0 Å². The monoisotopic (exact) mass is 594 g/mol. The Morgan fingerprint density at radius 1 is 0.391 bits per heavy atom. The van der Waals surface area contributed by atoms with Crippen molar-refractivity contribution in [3.8, 4) is 22.3 Å². The number of benzene rings is 6. The van der Waals surface area contributed by atoms with Crippen LogP contribution in [0.5, 0.6) is 0 Å². The molecule has 8 aromatic rings. The maximum Gasteiger partial charge on any atom is 0.0571 e. The van der Waals surface area contributed by atoms with Gasteiger partial charge in [-0.3, -0.25) is 0 Å². The summed E-state index contributed by atoms with van der Waals surface area (Å²) in [4.78, 5) is 0. The molecule has 224 valence electrons. The zero-order valence-electron chi connectivity index (χ0n) is 27.4. The van der Waals surface area contributed by atoms with Gasteiger partial charge in [0.1, 0.15) is 0 Å². The first-order chi connectivity index (χ1) is 22.2. The Balaban J connectivity index is 0.000000127. The quantitative estimate of drug-likeness (QED) is 0.165. The van der Waals surface area contributed by atoms with E-state index in [0.29, 0.717) is 0 Å². The van der Waals surface area contributed by atoms with E-state index < -0.39 is 0 Å². The van der Waals surface area contributed by atoms with Crippen LogP contribution in [0.4, 0.5) is 0 Å². The van der Waals surface area contributed by atoms with Crippen molar-refractivity contribution in [3.05, 3.63) is 144 Å². The molecule has 0 atom stereocenters. The molecule has 0 fully saturated rings. The zero-order valence-corrected chi connectivity index (χ0v) is 27.4. The predicted octanol–water partition coefficient (Wildman–Crippen LogP) is 11.3. The van der Waals surface area contributed by atoms with Crippen molar-refractivity contribution in [1.82, 2.24) is 9.13 Å². The highest BCUT2D eigenvalue weighted by Gasteiger charge is 2.38. The van der Waals surface area contributed by atoms with E-state index in [1.165, 1.54) is 88.1 Å². The third-order valence-corrected chi connectivity index (χ3v) is 11.2. The van der Waals surface area contributed by atoms with Crippen LogP contribution in [0.1, 0.15) is 49.9 Å². The van der Waals surface area contributed by atoms with Gasteiger partial charge in [-0.2, -0.15) is 0 Å². The first kappa shape index (κ1) is 27.2. The molecule has 0 bridgehead atoms. The normalized spacial score (nSPS) is 15.1. The minimum Gasteiger partial charge on any atom is -0.343 e. The summed E-state index contributed by atoms with van der Waals surface area (Å²) in [5, 5.41) is 5.41. The van der Waals surface area contributed by atoms with E-state index in [4.69, 9.17) is 0 Å². The molecular formula is C44H38N2. The molecule has 0 saturated heterocycles. The number of aryl methyl sites for hydroxylation is 2. The van der Waals surface area contributed by atoms with Gasteiger partial charge in [-0.15, -0.1) is 0 Å². The van der Waals surface area contributed by atoms with Gasteiger partial charge in [0.15, 0.2) is 0 Å². The number of nitrogens with zero attached hydrogens (tertiary/aromatic N) is 2. The molecule has 2 aliphatic carbocycles. The first-order valence-corrected chi connectivity index (χ1v) is 16.4. The fourth-order valence-electron chi connectivity index (χ4n) is 8.98. The van der Waals surface area contributed by atoms with E-state index >= 15 is 0 Å². The van der Waals surface area contributed by atoms with Crippen molar-refractivity contribution in [2.24, 2.45) is 14.1 Å². The number of rotatable bonds is 0. The summed E-state index contributed by atoms with van der Waals surface area (Å²) >= 11 is 0. The second kappa shape index (κ2) is 9.23. The Morgan fingerprint density at radius 3 is 1.57 bits per heavy atom. The van der Waals surface area contributed by atoms with Gasteiger partial charge < -0.3 is 9.13 Å². The molecule has 0 N–H and O–H groups in total. The van der Waals surface area contributed by atoms with Crippen LogP contribution < -0.4 is 0 Å². The lowest BCUT2D eigenvalue weighted by Crippen LogP contribution is -2.16. The van der Waals surface area contributed by atoms with Crippen LogP contribution in [-0.4, -0.2) is 9.13 Å². The Kier molecular flexibility index (Phi) is 5.47. The fourth-order valence-corrected chi connectivity index (χ4v) is 8.98. The third-order valence-electron chi connectivity index (χ3n) is 11.2. The molecule has 6 aromatic carbocycles. The molecule has 2 heterocycles. The van der Waals surface area contributed by atoms with Gasteiger partial charge in [0, 0.05) is 63.1 Å². The molecule has 0 saturated carbocycles. The Labute approximate surface area is 270 Å². The lowest BCUT2D eigenvalue weighted by atomic mass is 9.81. The zero-order chi connectivity index (χ0) is 31.5. The first-order valence-electron chi connectivity index (χ1n) is 16.4. The highest BCUT2D eigenvalue weighted by molar-refractivity contribution is 6.15. The van der Waals surface area contributed by atoms with Gasteiger partial charge >= 0.3 is 0 Å².